The van der Waals surface area contributed by atoms with E-state index in [-0.39, 0.29) is 6.61 Å². The lowest BCUT2D eigenvalue weighted by Crippen LogP contribution is -2.60. The summed E-state index contributed by atoms with van der Waals surface area (Å²) in [5.41, 5.74) is 0.355. The third kappa shape index (κ3) is 5.01. The molecule has 0 amide bonds. The van der Waals surface area contributed by atoms with Crippen molar-refractivity contribution in [3.63, 3.8) is 0 Å². The van der Waals surface area contributed by atoms with Gasteiger partial charge in [0.2, 0.25) is 0 Å². The largest absolute Gasteiger partial charge is 0.388 e. The van der Waals surface area contributed by atoms with Crippen molar-refractivity contribution in [2.24, 2.45) is 0 Å². The first-order chi connectivity index (χ1) is 12.7. The van der Waals surface area contributed by atoms with Crippen LogP contribution in [0.5, 0.6) is 0 Å². The van der Waals surface area contributed by atoms with Gasteiger partial charge in [-0.2, -0.15) is 5.26 Å². The summed E-state index contributed by atoms with van der Waals surface area (Å²) in [7, 11) is 0. The first-order valence-corrected chi connectivity index (χ1v) is 8.35. The second-order valence-corrected chi connectivity index (χ2v) is 6.59. The molecule has 0 spiro atoms. The molecule has 0 aromatic carbocycles. The van der Waals surface area contributed by atoms with Crippen molar-refractivity contribution < 1.29 is 49.6 Å². The Morgan fingerprint density at radius 1 is 1.07 bits per heavy atom. The van der Waals surface area contributed by atoms with Gasteiger partial charge in [0.15, 0.2) is 18.7 Å². The lowest BCUT2D eigenvalue weighted by atomic mass is 9.99. The average Bonchev–Trinajstić information content (AvgIpc) is 2.64. The smallest absolute Gasteiger partial charge is 0.188 e. The van der Waals surface area contributed by atoms with E-state index in [1.165, 1.54) is 6.92 Å². The fourth-order valence-corrected chi connectivity index (χ4v) is 2.67. The van der Waals surface area contributed by atoms with Crippen LogP contribution in [0, 0.1) is 11.3 Å². The Labute approximate surface area is 155 Å². The molecule has 0 aliphatic carbocycles. The van der Waals surface area contributed by atoms with E-state index >= 15 is 0 Å². The molecule has 10 atom stereocenters. The van der Waals surface area contributed by atoms with Crippen molar-refractivity contribution in [2.75, 3.05) is 13.2 Å². The zero-order valence-corrected chi connectivity index (χ0v) is 14.7. The normalized spacial score (nSPS) is 43.7. The van der Waals surface area contributed by atoms with E-state index < -0.39 is 68.0 Å². The highest BCUT2D eigenvalue weighted by molar-refractivity contribution is 5.10. The Balaban J connectivity index is 1.99. The molecule has 2 fully saturated rings. The topological polar surface area (TPSA) is 182 Å². The van der Waals surface area contributed by atoms with Crippen molar-refractivity contribution >= 4 is 0 Å². The molecule has 11 nitrogen and oxygen atoms in total. The van der Waals surface area contributed by atoms with Gasteiger partial charge in [-0.3, -0.25) is 0 Å². The molecule has 2 aliphatic heterocycles. The number of nitriles is 1. The van der Waals surface area contributed by atoms with Gasteiger partial charge in [0.1, 0.15) is 42.7 Å². The molecular weight excluding hydrogens is 366 g/mol. The fourth-order valence-electron chi connectivity index (χ4n) is 2.67. The van der Waals surface area contributed by atoms with Crippen molar-refractivity contribution in [1.29, 1.82) is 5.26 Å². The monoisotopic (exact) mass is 391 g/mol. The van der Waals surface area contributed by atoms with Crippen molar-refractivity contribution in [3.8, 4) is 6.07 Å². The maximum Gasteiger partial charge on any atom is 0.188 e. The molecule has 154 valence electrons. The molecule has 0 aromatic heterocycles. The second kappa shape index (κ2) is 9.35. The molecule has 11 heteroatoms. The summed E-state index contributed by atoms with van der Waals surface area (Å²) in [6.45, 7) is 4.44. The molecule has 2 rings (SSSR count). The van der Waals surface area contributed by atoms with Crippen LogP contribution in [0.2, 0.25) is 0 Å². The molecular formula is C16H25NO10. The van der Waals surface area contributed by atoms with Crippen molar-refractivity contribution in [3.05, 3.63) is 12.2 Å². The summed E-state index contributed by atoms with van der Waals surface area (Å²) in [6.07, 6.45) is -14.1. The predicted octanol–water partition coefficient (Wildman–Crippen LogP) is -3.27. The fraction of sp³-hybridized carbons (Fsp3) is 0.812. The Morgan fingerprint density at radius 2 is 1.70 bits per heavy atom. The van der Waals surface area contributed by atoms with Crippen LogP contribution in [0.15, 0.2) is 12.2 Å². The van der Waals surface area contributed by atoms with Crippen LogP contribution in [0.25, 0.3) is 0 Å². The molecule has 0 aromatic rings. The zero-order valence-electron chi connectivity index (χ0n) is 14.7. The average molecular weight is 391 g/mol. The summed E-state index contributed by atoms with van der Waals surface area (Å²) in [5, 5.41) is 68.0. The molecule has 0 unspecified atom stereocenters. The molecule has 0 radical (unpaired) electrons. The van der Waals surface area contributed by atoms with Gasteiger partial charge in [0, 0.05) is 0 Å². The first kappa shape index (κ1) is 22.1. The Kier molecular flexibility index (Phi) is 7.66. The van der Waals surface area contributed by atoms with Gasteiger partial charge in [0.05, 0.1) is 19.3 Å². The molecule has 2 aliphatic rings. The number of rotatable bonds is 6. The molecule has 2 heterocycles. The van der Waals surface area contributed by atoms with Gasteiger partial charge in [0.25, 0.3) is 0 Å². The summed E-state index contributed by atoms with van der Waals surface area (Å²) in [5.74, 6) is 0. The van der Waals surface area contributed by atoms with Crippen molar-refractivity contribution in [2.45, 2.75) is 68.3 Å². The predicted molar refractivity (Wildman–Crippen MR) is 85.7 cm³/mol. The van der Waals surface area contributed by atoms with E-state index in [9.17, 15) is 30.6 Å². The Bertz CT molecular complexity index is 554. The summed E-state index contributed by atoms with van der Waals surface area (Å²) in [4.78, 5) is 0. The highest BCUT2D eigenvalue weighted by Crippen LogP contribution is 2.25. The molecule has 2 saturated heterocycles. The quantitative estimate of drug-likeness (QED) is 0.250. The number of hydrogen-bond acceptors (Lipinski definition) is 11. The van der Waals surface area contributed by atoms with Crippen LogP contribution in [0.3, 0.4) is 0 Å². The molecule has 27 heavy (non-hydrogen) atoms. The number of hydrogen-bond donors (Lipinski definition) is 6. The first-order valence-electron chi connectivity index (χ1n) is 8.35. The van der Waals surface area contributed by atoms with Crippen LogP contribution in [0.4, 0.5) is 0 Å². The molecule has 0 saturated carbocycles. The van der Waals surface area contributed by atoms with Crippen LogP contribution in [-0.4, -0.2) is 105 Å². The van der Waals surface area contributed by atoms with E-state index in [1.54, 1.807) is 0 Å². The third-order valence-corrected chi connectivity index (χ3v) is 4.38. The lowest BCUT2D eigenvalue weighted by molar-refractivity contribution is -0.323. The van der Waals surface area contributed by atoms with E-state index in [2.05, 4.69) is 6.58 Å². The Morgan fingerprint density at radius 3 is 2.30 bits per heavy atom. The van der Waals surface area contributed by atoms with Crippen LogP contribution < -0.4 is 0 Å². The maximum absolute atomic E-state index is 10.1. The highest BCUT2D eigenvalue weighted by Gasteiger charge is 2.46. The van der Waals surface area contributed by atoms with E-state index in [4.69, 9.17) is 24.2 Å². The molecule has 0 bridgehead atoms. The standard InChI is InChI=1S/C16H25NO10/c1-6(2)8(3-17)26-16-14(23)12(21)11(20)9(27-16)5-25-15-13(22)10(19)7(18)4-24-15/h7-16,18-23H,1,4-5H2,2H3/t7-,8+,9+,10-,11+,12-,13+,14+,15-,16+/m0/s1. The van der Waals surface area contributed by atoms with Gasteiger partial charge in [-0.25, -0.2) is 0 Å². The number of aliphatic hydroxyl groups is 6. The van der Waals surface area contributed by atoms with Gasteiger partial charge < -0.3 is 49.6 Å². The minimum Gasteiger partial charge on any atom is -0.388 e. The number of aliphatic hydroxyl groups excluding tert-OH is 6. The van der Waals surface area contributed by atoms with Crippen LogP contribution >= 0.6 is 0 Å². The maximum atomic E-state index is 10.1. The van der Waals surface area contributed by atoms with Crippen LogP contribution in [-0.2, 0) is 18.9 Å². The van der Waals surface area contributed by atoms with E-state index in [0.29, 0.717) is 5.57 Å². The summed E-state index contributed by atoms with van der Waals surface area (Å²) >= 11 is 0. The van der Waals surface area contributed by atoms with Gasteiger partial charge >= 0.3 is 0 Å². The van der Waals surface area contributed by atoms with Crippen molar-refractivity contribution in [1.82, 2.24) is 0 Å². The molecule has 6 N–H and O–H groups in total. The van der Waals surface area contributed by atoms with Gasteiger partial charge in [-0.05, 0) is 12.5 Å². The number of ether oxygens (including phenoxy) is 4. The van der Waals surface area contributed by atoms with Gasteiger partial charge in [-0.15, -0.1) is 0 Å². The Hall–Kier alpha value is -1.17. The number of nitrogens with zero attached hydrogens (tertiary/aromatic N) is 1. The highest BCUT2D eigenvalue weighted by atomic mass is 16.7. The van der Waals surface area contributed by atoms with Crippen LogP contribution in [0.1, 0.15) is 6.92 Å². The van der Waals surface area contributed by atoms with Gasteiger partial charge in [-0.1, -0.05) is 6.58 Å². The third-order valence-electron chi connectivity index (χ3n) is 4.38. The zero-order chi connectivity index (χ0) is 20.3. The summed E-state index contributed by atoms with van der Waals surface area (Å²) in [6, 6.07) is 1.82. The summed E-state index contributed by atoms with van der Waals surface area (Å²) < 4.78 is 21.0. The minimum absolute atomic E-state index is 0.271. The second-order valence-electron chi connectivity index (χ2n) is 6.59. The SMILES string of the molecule is C=C(C)[C@@H](C#N)O[C@@H]1O[C@H](CO[C@@H]2OC[C@H](O)[C@H](O)[C@H]2O)[C@@H](O)[C@H](O)[C@H]1O. The van der Waals surface area contributed by atoms with E-state index in [1.807, 2.05) is 6.07 Å². The van der Waals surface area contributed by atoms with E-state index in [0.717, 1.165) is 0 Å². The lowest BCUT2D eigenvalue weighted by Gasteiger charge is -2.41. The minimum atomic E-state index is -1.65.